The van der Waals surface area contributed by atoms with Gasteiger partial charge in [-0.1, -0.05) is 46.3 Å². The fourth-order valence-electron chi connectivity index (χ4n) is 2.13. The predicted octanol–water partition coefficient (Wildman–Crippen LogP) is 4.55. The lowest BCUT2D eigenvalue weighted by molar-refractivity contribution is -0.385. The third-order valence-corrected chi connectivity index (χ3v) is 3.83. The van der Waals surface area contributed by atoms with Crippen molar-refractivity contribution in [3.8, 4) is 11.6 Å². The molecule has 0 amide bonds. The molecule has 0 spiro atoms. The van der Waals surface area contributed by atoms with Crippen molar-refractivity contribution in [2.75, 3.05) is 5.32 Å². The summed E-state index contributed by atoms with van der Waals surface area (Å²) in [5.74, 6) is 0.438. The summed E-state index contributed by atoms with van der Waals surface area (Å²) in [4.78, 5) is 18.8. The van der Waals surface area contributed by atoms with Crippen LogP contribution in [0.3, 0.4) is 0 Å². The van der Waals surface area contributed by atoms with E-state index in [2.05, 4.69) is 31.2 Å². The number of halogens is 1. The molecule has 0 saturated carbocycles. The van der Waals surface area contributed by atoms with Crippen LogP contribution in [0.2, 0.25) is 0 Å². The first-order valence-corrected chi connectivity index (χ1v) is 8.13. The number of anilines is 1. The van der Waals surface area contributed by atoms with Gasteiger partial charge in [0.25, 0.3) is 0 Å². The summed E-state index contributed by atoms with van der Waals surface area (Å²) >= 11 is 3.32. The number of ether oxygens (including phenoxy) is 1. The molecular weight excluding hydrogens is 388 g/mol. The average Bonchev–Trinajstić information content (AvgIpc) is 2.62. The van der Waals surface area contributed by atoms with Crippen LogP contribution in [-0.2, 0) is 6.54 Å². The van der Waals surface area contributed by atoms with Crippen molar-refractivity contribution in [1.82, 2.24) is 9.97 Å². The Balaban J connectivity index is 1.86. The number of nitrogens with one attached hydrogen (secondary N) is 1. The second kappa shape index (κ2) is 7.71. The second-order valence-corrected chi connectivity index (χ2v) is 5.94. The summed E-state index contributed by atoms with van der Waals surface area (Å²) in [6.07, 6.45) is 1.23. The zero-order valence-corrected chi connectivity index (χ0v) is 14.5. The molecule has 0 aliphatic carbocycles. The van der Waals surface area contributed by atoms with Crippen LogP contribution in [0.4, 0.5) is 11.5 Å². The quantitative estimate of drug-likeness (QED) is 0.481. The SMILES string of the molecule is O=[N+]([O-])c1c(NCc2ccccc2)ncnc1Oc1ccc(Br)cc1. The number of hydrogen-bond acceptors (Lipinski definition) is 6. The van der Waals surface area contributed by atoms with Gasteiger partial charge in [0.1, 0.15) is 12.1 Å². The second-order valence-electron chi connectivity index (χ2n) is 5.03. The Hall–Kier alpha value is -3.00. The van der Waals surface area contributed by atoms with Crippen LogP contribution in [-0.4, -0.2) is 14.9 Å². The highest BCUT2D eigenvalue weighted by Crippen LogP contribution is 2.34. The van der Waals surface area contributed by atoms with E-state index in [1.54, 1.807) is 24.3 Å². The lowest BCUT2D eigenvalue weighted by atomic mass is 10.2. The van der Waals surface area contributed by atoms with E-state index in [1.807, 2.05) is 30.3 Å². The number of benzene rings is 2. The first-order chi connectivity index (χ1) is 12.1. The molecule has 3 aromatic rings. The molecule has 0 radical (unpaired) electrons. The van der Waals surface area contributed by atoms with Crippen LogP contribution in [0.25, 0.3) is 0 Å². The van der Waals surface area contributed by atoms with E-state index in [-0.39, 0.29) is 17.4 Å². The Morgan fingerprint density at radius 1 is 1.08 bits per heavy atom. The topological polar surface area (TPSA) is 90.2 Å². The van der Waals surface area contributed by atoms with Crippen LogP contribution in [0.15, 0.2) is 65.4 Å². The van der Waals surface area contributed by atoms with Gasteiger partial charge < -0.3 is 10.1 Å². The molecule has 1 heterocycles. The molecule has 7 nitrogen and oxygen atoms in total. The Morgan fingerprint density at radius 2 is 1.80 bits per heavy atom. The van der Waals surface area contributed by atoms with Crippen LogP contribution < -0.4 is 10.1 Å². The lowest BCUT2D eigenvalue weighted by Crippen LogP contribution is -2.06. The van der Waals surface area contributed by atoms with E-state index in [0.717, 1.165) is 10.0 Å². The highest BCUT2D eigenvalue weighted by molar-refractivity contribution is 9.10. The summed E-state index contributed by atoms with van der Waals surface area (Å²) in [7, 11) is 0. The average molecular weight is 401 g/mol. The number of rotatable bonds is 6. The first-order valence-electron chi connectivity index (χ1n) is 7.34. The van der Waals surface area contributed by atoms with Crippen molar-refractivity contribution in [3.05, 3.63) is 81.1 Å². The Kier molecular flexibility index (Phi) is 5.20. The van der Waals surface area contributed by atoms with Crippen molar-refractivity contribution in [2.24, 2.45) is 0 Å². The van der Waals surface area contributed by atoms with Crippen LogP contribution in [0.1, 0.15) is 5.56 Å². The highest BCUT2D eigenvalue weighted by Gasteiger charge is 2.24. The van der Waals surface area contributed by atoms with Crippen molar-refractivity contribution in [3.63, 3.8) is 0 Å². The third kappa shape index (κ3) is 4.30. The fourth-order valence-corrected chi connectivity index (χ4v) is 2.39. The summed E-state index contributed by atoms with van der Waals surface area (Å²) in [5.41, 5.74) is 0.673. The third-order valence-electron chi connectivity index (χ3n) is 3.30. The van der Waals surface area contributed by atoms with Crippen molar-refractivity contribution >= 4 is 27.4 Å². The van der Waals surface area contributed by atoms with Crippen molar-refractivity contribution in [2.45, 2.75) is 6.54 Å². The molecular formula is C17H13BrN4O3. The van der Waals surface area contributed by atoms with Crippen molar-refractivity contribution in [1.29, 1.82) is 0 Å². The molecule has 0 unspecified atom stereocenters. The maximum Gasteiger partial charge on any atom is 0.373 e. The molecule has 3 rings (SSSR count). The van der Waals surface area contributed by atoms with Gasteiger partial charge in [-0.25, -0.2) is 4.98 Å². The molecule has 0 saturated heterocycles. The molecule has 0 bridgehead atoms. The monoisotopic (exact) mass is 400 g/mol. The largest absolute Gasteiger partial charge is 0.434 e. The fraction of sp³-hybridized carbons (Fsp3) is 0.0588. The Labute approximate surface area is 152 Å². The van der Waals surface area contributed by atoms with Gasteiger partial charge in [-0.05, 0) is 29.8 Å². The van der Waals surface area contributed by atoms with E-state index in [1.165, 1.54) is 6.33 Å². The minimum Gasteiger partial charge on any atom is -0.434 e. The molecule has 0 fully saturated rings. The number of nitro groups is 1. The summed E-state index contributed by atoms with van der Waals surface area (Å²) in [6.45, 7) is 0.399. The van der Waals surface area contributed by atoms with Gasteiger partial charge in [-0.2, -0.15) is 4.98 Å². The van der Waals surface area contributed by atoms with E-state index in [0.29, 0.717) is 12.3 Å². The Morgan fingerprint density at radius 3 is 2.48 bits per heavy atom. The summed E-state index contributed by atoms with van der Waals surface area (Å²) in [6, 6.07) is 16.5. The molecule has 25 heavy (non-hydrogen) atoms. The minimum atomic E-state index is -0.554. The first kappa shape index (κ1) is 16.8. The zero-order chi connectivity index (χ0) is 17.6. The van der Waals surface area contributed by atoms with Gasteiger partial charge in [-0.15, -0.1) is 0 Å². The number of hydrogen-bond donors (Lipinski definition) is 1. The number of aromatic nitrogens is 2. The van der Waals surface area contributed by atoms with Crippen LogP contribution >= 0.6 is 15.9 Å². The van der Waals surface area contributed by atoms with Gasteiger partial charge in [0.05, 0.1) is 4.92 Å². The smallest absolute Gasteiger partial charge is 0.373 e. The zero-order valence-electron chi connectivity index (χ0n) is 12.9. The molecule has 0 atom stereocenters. The van der Waals surface area contributed by atoms with Crippen LogP contribution in [0, 0.1) is 10.1 Å². The van der Waals surface area contributed by atoms with E-state index < -0.39 is 4.92 Å². The molecule has 0 aliphatic heterocycles. The van der Waals surface area contributed by atoms with E-state index in [4.69, 9.17) is 4.74 Å². The summed E-state index contributed by atoms with van der Waals surface area (Å²) < 4.78 is 6.44. The minimum absolute atomic E-state index is 0.107. The van der Waals surface area contributed by atoms with Crippen molar-refractivity contribution < 1.29 is 9.66 Å². The molecule has 8 heteroatoms. The normalized spacial score (nSPS) is 10.3. The maximum absolute atomic E-state index is 11.5. The van der Waals surface area contributed by atoms with Gasteiger partial charge in [0, 0.05) is 11.0 Å². The standard InChI is InChI=1S/C17H13BrN4O3/c18-13-6-8-14(9-7-13)25-17-15(22(23)24)16(20-11-21-17)19-10-12-4-2-1-3-5-12/h1-9,11H,10H2,(H,19,20,21). The molecule has 1 aromatic heterocycles. The Bertz CT molecular complexity index is 873. The number of nitrogens with zero attached hydrogens (tertiary/aromatic N) is 3. The van der Waals surface area contributed by atoms with E-state index in [9.17, 15) is 10.1 Å². The molecule has 0 aliphatic rings. The molecule has 1 N–H and O–H groups in total. The van der Waals surface area contributed by atoms with Crippen LogP contribution in [0.5, 0.6) is 11.6 Å². The predicted molar refractivity (Wildman–Crippen MR) is 96.7 cm³/mol. The lowest BCUT2D eigenvalue weighted by Gasteiger charge is -2.09. The van der Waals surface area contributed by atoms with Gasteiger partial charge in [0.15, 0.2) is 0 Å². The van der Waals surface area contributed by atoms with Gasteiger partial charge >= 0.3 is 11.6 Å². The summed E-state index contributed by atoms with van der Waals surface area (Å²) in [5, 5.41) is 14.5. The van der Waals surface area contributed by atoms with Gasteiger partial charge in [-0.3, -0.25) is 10.1 Å². The maximum atomic E-state index is 11.5. The highest BCUT2D eigenvalue weighted by atomic mass is 79.9. The molecule has 2 aromatic carbocycles. The van der Waals surface area contributed by atoms with E-state index >= 15 is 0 Å². The van der Waals surface area contributed by atoms with Gasteiger partial charge in [0.2, 0.25) is 5.82 Å². The molecule has 126 valence electrons.